The lowest BCUT2D eigenvalue weighted by atomic mass is 10.2. The first-order valence-electron chi connectivity index (χ1n) is 10.6. The van der Waals surface area contributed by atoms with E-state index < -0.39 is 0 Å². The predicted molar refractivity (Wildman–Crippen MR) is 114 cm³/mol. The lowest BCUT2D eigenvalue weighted by Crippen LogP contribution is -2.48. The van der Waals surface area contributed by atoms with Crippen LogP contribution in [0, 0.1) is 0 Å². The van der Waals surface area contributed by atoms with Gasteiger partial charge in [0, 0.05) is 51.4 Å². The molecule has 1 saturated carbocycles. The highest BCUT2D eigenvalue weighted by molar-refractivity contribution is 5.80. The van der Waals surface area contributed by atoms with Gasteiger partial charge in [-0.3, -0.25) is 14.8 Å². The largest absolute Gasteiger partial charge is 0.355 e. The van der Waals surface area contributed by atoms with E-state index in [2.05, 4.69) is 69.7 Å². The quantitative estimate of drug-likeness (QED) is 0.571. The number of rotatable bonds is 7. The van der Waals surface area contributed by atoms with Gasteiger partial charge in [-0.2, -0.15) is 0 Å². The van der Waals surface area contributed by atoms with Crippen LogP contribution in [0.2, 0.25) is 0 Å². The van der Waals surface area contributed by atoms with E-state index in [4.69, 9.17) is 0 Å². The Balaban J connectivity index is 1.39. The summed E-state index contributed by atoms with van der Waals surface area (Å²) in [6.45, 7) is 6.52. The van der Waals surface area contributed by atoms with Gasteiger partial charge in [-0.05, 0) is 38.8 Å². The molecular formula is C22H37N5. The molecule has 27 heavy (non-hydrogen) atoms. The Hall–Kier alpha value is -1.59. The number of likely N-dealkylation sites (N-methyl/N-ethyl adjacent to an activating group) is 1. The van der Waals surface area contributed by atoms with Gasteiger partial charge in [0.1, 0.15) is 0 Å². The molecule has 2 unspecified atom stereocenters. The summed E-state index contributed by atoms with van der Waals surface area (Å²) in [6.07, 6.45) is 6.84. The fourth-order valence-electron chi connectivity index (χ4n) is 4.32. The monoisotopic (exact) mass is 371 g/mol. The molecule has 3 rings (SSSR count). The van der Waals surface area contributed by atoms with E-state index in [9.17, 15) is 0 Å². The number of aliphatic imine (C=N–C) groups is 1. The summed E-state index contributed by atoms with van der Waals surface area (Å²) in [5.74, 6) is 0.938. The predicted octanol–water partition coefficient (Wildman–Crippen LogP) is 2.69. The minimum absolute atomic E-state index is 0.433. The molecule has 5 nitrogen and oxygen atoms in total. The average molecular weight is 372 g/mol. The molecule has 150 valence electrons. The molecule has 0 spiro atoms. The molecule has 1 aliphatic heterocycles. The third kappa shape index (κ3) is 5.94. The van der Waals surface area contributed by atoms with E-state index in [1.165, 1.54) is 44.2 Å². The van der Waals surface area contributed by atoms with Crippen molar-refractivity contribution < 1.29 is 0 Å². The van der Waals surface area contributed by atoms with Crippen LogP contribution in [0.15, 0.2) is 35.3 Å². The van der Waals surface area contributed by atoms with Gasteiger partial charge >= 0.3 is 0 Å². The summed E-state index contributed by atoms with van der Waals surface area (Å²) in [7, 11) is 4.06. The van der Waals surface area contributed by atoms with Crippen molar-refractivity contribution in [2.45, 2.75) is 63.7 Å². The van der Waals surface area contributed by atoms with Crippen LogP contribution in [-0.2, 0) is 6.54 Å². The third-order valence-corrected chi connectivity index (χ3v) is 6.22. The Morgan fingerprint density at radius 2 is 1.96 bits per heavy atom. The second kappa shape index (κ2) is 10.1. The minimum atomic E-state index is 0.433. The van der Waals surface area contributed by atoms with E-state index in [0.29, 0.717) is 12.1 Å². The van der Waals surface area contributed by atoms with Crippen molar-refractivity contribution in [3.8, 4) is 0 Å². The van der Waals surface area contributed by atoms with Crippen LogP contribution in [0.25, 0.3) is 0 Å². The Kier molecular flexibility index (Phi) is 7.53. The molecular weight excluding hydrogens is 334 g/mol. The van der Waals surface area contributed by atoms with E-state index in [1.54, 1.807) is 0 Å². The normalized spacial score (nSPS) is 23.1. The first-order valence-corrected chi connectivity index (χ1v) is 10.6. The van der Waals surface area contributed by atoms with Gasteiger partial charge in [-0.15, -0.1) is 0 Å². The number of nitrogens with one attached hydrogen (secondary N) is 2. The zero-order valence-corrected chi connectivity index (χ0v) is 17.3. The van der Waals surface area contributed by atoms with Crippen molar-refractivity contribution in [2.24, 2.45) is 4.99 Å². The number of hydrogen-bond donors (Lipinski definition) is 2. The molecule has 5 heteroatoms. The van der Waals surface area contributed by atoms with Crippen LogP contribution in [0.4, 0.5) is 0 Å². The molecule has 0 bridgehead atoms. The summed E-state index contributed by atoms with van der Waals surface area (Å²) in [5, 5.41) is 7.17. The lowest BCUT2D eigenvalue weighted by molar-refractivity contribution is 0.241. The van der Waals surface area contributed by atoms with Crippen LogP contribution in [0.5, 0.6) is 0 Å². The number of benzene rings is 1. The number of likely N-dealkylation sites (tertiary alicyclic amines) is 1. The van der Waals surface area contributed by atoms with Gasteiger partial charge in [0.25, 0.3) is 0 Å². The molecule has 0 aromatic heterocycles. The smallest absolute Gasteiger partial charge is 0.191 e. The maximum atomic E-state index is 4.45. The fraction of sp³-hybridized carbons (Fsp3) is 0.682. The average Bonchev–Trinajstić information content (AvgIpc) is 3.37. The highest BCUT2D eigenvalue weighted by Crippen LogP contribution is 2.26. The van der Waals surface area contributed by atoms with Crippen molar-refractivity contribution in [3.05, 3.63) is 35.9 Å². The van der Waals surface area contributed by atoms with Crippen molar-refractivity contribution >= 4 is 5.96 Å². The van der Waals surface area contributed by atoms with Crippen LogP contribution >= 0.6 is 0 Å². The van der Waals surface area contributed by atoms with Crippen LogP contribution in [0.1, 0.15) is 44.6 Å². The Morgan fingerprint density at radius 1 is 1.22 bits per heavy atom. The van der Waals surface area contributed by atoms with Gasteiger partial charge in [0.15, 0.2) is 5.96 Å². The Bertz CT molecular complexity index is 582. The van der Waals surface area contributed by atoms with Crippen LogP contribution in [0.3, 0.4) is 0 Å². The number of nitrogens with zero attached hydrogens (tertiary/aromatic N) is 3. The van der Waals surface area contributed by atoms with E-state index >= 15 is 0 Å². The van der Waals surface area contributed by atoms with Gasteiger partial charge < -0.3 is 10.6 Å². The lowest BCUT2D eigenvalue weighted by Gasteiger charge is -2.27. The van der Waals surface area contributed by atoms with Crippen molar-refractivity contribution in [1.29, 1.82) is 0 Å². The van der Waals surface area contributed by atoms with Crippen molar-refractivity contribution in [1.82, 2.24) is 20.4 Å². The summed E-state index contributed by atoms with van der Waals surface area (Å²) >= 11 is 0. The van der Waals surface area contributed by atoms with Gasteiger partial charge in [-0.25, -0.2) is 0 Å². The fourth-order valence-corrected chi connectivity index (χ4v) is 4.32. The molecule has 1 aromatic rings. The minimum Gasteiger partial charge on any atom is -0.355 e. The maximum absolute atomic E-state index is 4.45. The first kappa shape index (κ1) is 20.2. The van der Waals surface area contributed by atoms with E-state index in [1.807, 2.05) is 7.05 Å². The van der Waals surface area contributed by atoms with E-state index in [-0.39, 0.29) is 0 Å². The van der Waals surface area contributed by atoms with E-state index in [0.717, 1.165) is 31.6 Å². The third-order valence-electron chi connectivity index (χ3n) is 6.22. The molecule has 2 aliphatic rings. The molecule has 1 saturated heterocycles. The summed E-state index contributed by atoms with van der Waals surface area (Å²) in [5.41, 5.74) is 1.35. The van der Waals surface area contributed by atoms with Crippen LogP contribution < -0.4 is 10.6 Å². The Labute approximate surface area is 165 Å². The number of guanidine groups is 1. The molecule has 1 aromatic carbocycles. The summed E-state index contributed by atoms with van der Waals surface area (Å²) in [4.78, 5) is 9.52. The maximum Gasteiger partial charge on any atom is 0.191 e. The standard InChI is InChI=1S/C22H37N5/c1-18(26(3)16-19-9-5-4-6-10-19)15-24-22(23-2)25-20-13-14-27(17-20)21-11-7-8-12-21/h4-6,9-10,18,20-21H,7-8,11-17H2,1-3H3,(H2,23,24,25). The van der Waals surface area contributed by atoms with Gasteiger partial charge in [0.2, 0.25) is 0 Å². The highest BCUT2D eigenvalue weighted by atomic mass is 15.3. The van der Waals surface area contributed by atoms with Crippen molar-refractivity contribution in [3.63, 3.8) is 0 Å². The molecule has 2 atom stereocenters. The second-order valence-corrected chi connectivity index (χ2v) is 8.27. The molecule has 0 radical (unpaired) electrons. The zero-order valence-electron chi connectivity index (χ0n) is 17.3. The summed E-state index contributed by atoms with van der Waals surface area (Å²) < 4.78 is 0. The summed E-state index contributed by atoms with van der Waals surface area (Å²) in [6, 6.07) is 12.4. The first-order chi connectivity index (χ1) is 13.2. The molecule has 1 heterocycles. The number of hydrogen-bond acceptors (Lipinski definition) is 3. The van der Waals surface area contributed by atoms with Crippen molar-refractivity contribution in [2.75, 3.05) is 33.7 Å². The van der Waals surface area contributed by atoms with Gasteiger partial charge in [-0.1, -0.05) is 43.2 Å². The second-order valence-electron chi connectivity index (χ2n) is 8.27. The molecule has 1 aliphatic carbocycles. The topological polar surface area (TPSA) is 42.9 Å². The Morgan fingerprint density at radius 3 is 2.67 bits per heavy atom. The van der Waals surface area contributed by atoms with Crippen LogP contribution in [-0.4, -0.2) is 67.6 Å². The molecule has 0 amide bonds. The zero-order chi connectivity index (χ0) is 19.1. The molecule has 2 fully saturated rings. The van der Waals surface area contributed by atoms with Gasteiger partial charge in [0.05, 0.1) is 0 Å². The highest BCUT2D eigenvalue weighted by Gasteiger charge is 2.30. The SMILES string of the molecule is CN=C(NCC(C)N(C)Cc1ccccc1)NC1CCN(C2CCCC2)C1. The molecule has 2 N–H and O–H groups in total.